The Morgan fingerprint density at radius 2 is 2.22 bits per heavy atom. The molecule has 0 saturated carbocycles. The SMILES string of the molecule is CCN1CCCCC1CNc1nccnc1OC. The van der Waals surface area contributed by atoms with Crippen LogP contribution in [-0.4, -0.2) is 47.7 Å². The molecule has 1 aromatic heterocycles. The van der Waals surface area contributed by atoms with E-state index in [1.54, 1.807) is 19.5 Å². The van der Waals surface area contributed by atoms with Gasteiger partial charge in [-0.25, -0.2) is 9.97 Å². The van der Waals surface area contributed by atoms with Crippen molar-refractivity contribution in [3.8, 4) is 5.88 Å². The number of nitrogens with zero attached hydrogens (tertiary/aromatic N) is 3. The Hall–Kier alpha value is -1.36. The maximum Gasteiger partial charge on any atom is 0.257 e. The fourth-order valence-electron chi connectivity index (χ4n) is 2.52. The monoisotopic (exact) mass is 250 g/mol. The molecule has 1 fully saturated rings. The fourth-order valence-corrected chi connectivity index (χ4v) is 2.52. The molecule has 0 amide bonds. The number of ether oxygens (including phenoxy) is 1. The molecule has 1 aliphatic rings. The van der Waals surface area contributed by atoms with E-state index in [0.29, 0.717) is 11.9 Å². The predicted octanol–water partition coefficient (Wildman–Crippen LogP) is 1.77. The molecule has 100 valence electrons. The molecule has 0 radical (unpaired) electrons. The van der Waals surface area contributed by atoms with Crippen LogP contribution in [0.2, 0.25) is 0 Å². The number of likely N-dealkylation sites (tertiary alicyclic amines) is 1. The van der Waals surface area contributed by atoms with E-state index in [4.69, 9.17) is 4.74 Å². The van der Waals surface area contributed by atoms with Crippen molar-refractivity contribution in [1.82, 2.24) is 14.9 Å². The standard InChI is InChI=1S/C13H22N4O/c1-3-17-9-5-4-6-11(17)10-16-12-13(18-2)15-8-7-14-12/h7-8,11H,3-6,9-10H2,1-2H3,(H,14,16). The minimum Gasteiger partial charge on any atom is -0.478 e. The van der Waals surface area contributed by atoms with E-state index in [-0.39, 0.29) is 0 Å². The average Bonchev–Trinajstić information content (AvgIpc) is 2.45. The molecule has 1 aliphatic heterocycles. The zero-order valence-electron chi connectivity index (χ0n) is 11.2. The van der Waals surface area contributed by atoms with Crippen LogP contribution in [0.3, 0.4) is 0 Å². The molecule has 1 N–H and O–H groups in total. The second-order valence-corrected chi connectivity index (χ2v) is 4.57. The van der Waals surface area contributed by atoms with Crippen LogP contribution >= 0.6 is 0 Å². The molecule has 0 aromatic carbocycles. The van der Waals surface area contributed by atoms with E-state index in [1.165, 1.54) is 25.8 Å². The minimum atomic E-state index is 0.566. The third kappa shape index (κ3) is 3.10. The lowest BCUT2D eigenvalue weighted by atomic mass is 10.0. The highest BCUT2D eigenvalue weighted by Crippen LogP contribution is 2.20. The van der Waals surface area contributed by atoms with Crippen molar-refractivity contribution in [3.63, 3.8) is 0 Å². The maximum absolute atomic E-state index is 5.19. The number of likely N-dealkylation sites (N-methyl/N-ethyl adjacent to an activating group) is 1. The number of methoxy groups -OCH3 is 1. The lowest BCUT2D eigenvalue weighted by Gasteiger charge is -2.35. The second kappa shape index (κ2) is 6.54. The van der Waals surface area contributed by atoms with Gasteiger partial charge in [0.2, 0.25) is 0 Å². The Kier molecular flexibility index (Phi) is 4.75. The van der Waals surface area contributed by atoms with Crippen molar-refractivity contribution in [1.29, 1.82) is 0 Å². The van der Waals surface area contributed by atoms with Crippen molar-refractivity contribution in [2.45, 2.75) is 32.2 Å². The summed E-state index contributed by atoms with van der Waals surface area (Å²) in [4.78, 5) is 10.9. The lowest BCUT2D eigenvalue weighted by molar-refractivity contribution is 0.164. The van der Waals surface area contributed by atoms with Crippen LogP contribution in [0.5, 0.6) is 5.88 Å². The summed E-state index contributed by atoms with van der Waals surface area (Å²) in [5, 5.41) is 3.36. The first-order valence-electron chi connectivity index (χ1n) is 6.68. The summed E-state index contributed by atoms with van der Waals surface area (Å²) in [6.07, 6.45) is 7.22. The van der Waals surface area contributed by atoms with Crippen molar-refractivity contribution in [3.05, 3.63) is 12.4 Å². The molecule has 1 saturated heterocycles. The Labute approximate surface area is 109 Å². The smallest absolute Gasteiger partial charge is 0.257 e. The molecule has 1 aromatic rings. The summed E-state index contributed by atoms with van der Waals surface area (Å²) < 4.78 is 5.19. The van der Waals surface area contributed by atoms with Crippen LogP contribution in [0.4, 0.5) is 5.82 Å². The third-order valence-corrected chi connectivity index (χ3v) is 3.52. The van der Waals surface area contributed by atoms with Gasteiger partial charge >= 0.3 is 0 Å². The van der Waals surface area contributed by atoms with Gasteiger partial charge in [0.1, 0.15) is 0 Å². The highest BCUT2D eigenvalue weighted by molar-refractivity contribution is 5.44. The summed E-state index contributed by atoms with van der Waals surface area (Å²) in [6.45, 7) is 5.45. The molecule has 0 aliphatic carbocycles. The van der Waals surface area contributed by atoms with Crippen LogP contribution in [0.15, 0.2) is 12.4 Å². The quantitative estimate of drug-likeness (QED) is 0.863. The minimum absolute atomic E-state index is 0.566. The van der Waals surface area contributed by atoms with E-state index in [1.807, 2.05) is 0 Å². The zero-order valence-corrected chi connectivity index (χ0v) is 11.2. The van der Waals surface area contributed by atoms with Gasteiger partial charge in [-0.2, -0.15) is 0 Å². The van der Waals surface area contributed by atoms with Gasteiger partial charge in [-0.15, -0.1) is 0 Å². The first kappa shape index (κ1) is 13.1. The number of aromatic nitrogens is 2. The number of piperidine rings is 1. The Bertz CT molecular complexity index is 372. The van der Waals surface area contributed by atoms with Gasteiger partial charge in [0, 0.05) is 25.0 Å². The van der Waals surface area contributed by atoms with E-state index in [9.17, 15) is 0 Å². The Morgan fingerprint density at radius 1 is 1.39 bits per heavy atom. The number of rotatable bonds is 5. The zero-order chi connectivity index (χ0) is 12.8. The Morgan fingerprint density at radius 3 is 3.00 bits per heavy atom. The van der Waals surface area contributed by atoms with E-state index in [0.717, 1.165) is 18.9 Å². The van der Waals surface area contributed by atoms with Gasteiger partial charge in [0.15, 0.2) is 5.82 Å². The molecule has 5 nitrogen and oxygen atoms in total. The third-order valence-electron chi connectivity index (χ3n) is 3.52. The molecule has 0 spiro atoms. The molecule has 2 rings (SSSR count). The molecule has 18 heavy (non-hydrogen) atoms. The van der Waals surface area contributed by atoms with Gasteiger partial charge in [0.05, 0.1) is 7.11 Å². The molecule has 5 heteroatoms. The number of hydrogen-bond acceptors (Lipinski definition) is 5. The first-order chi connectivity index (χ1) is 8.85. The average molecular weight is 250 g/mol. The van der Waals surface area contributed by atoms with E-state index in [2.05, 4.69) is 27.1 Å². The molecule has 1 atom stereocenters. The normalized spacial score (nSPS) is 20.7. The van der Waals surface area contributed by atoms with Gasteiger partial charge in [-0.3, -0.25) is 4.90 Å². The van der Waals surface area contributed by atoms with Crippen molar-refractivity contribution < 1.29 is 4.74 Å². The van der Waals surface area contributed by atoms with Crippen molar-refractivity contribution in [2.24, 2.45) is 0 Å². The summed E-state index contributed by atoms with van der Waals surface area (Å²) in [6, 6.07) is 0.593. The van der Waals surface area contributed by atoms with Crippen molar-refractivity contribution in [2.75, 3.05) is 32.1 Å². The molecule has 2 heterocycles. The highest BCUT2D eigenvalue weighted by atomic mass is 16.5. The van der Waals surface area contributed by atoms with Crippen molar-refractivity contribution >= 4 is 5.82 Å². The molecule has 1 unspecified atom stereocenters. The van der Waals surface area contributed by atoms with Gasteiger partial charge < -0.3 is 10.1 Å². The first-order valence-corrected chi connectivity index (χ1v) is 6.68. The van der Waals surface area contributed by atoms with E-state index < -0.39 is 0 Å². The van der Waals surface area contributed by atoms with Crippen LogP contribution in [0.25, 0.3) is 0 Å². The predicted molar refractivity (Wildman–Crippen MR) is 72.0 cm³/mol. The van der Waals surface area contributed by atoms with E-state index >= 15 is 0 Å². The molecular formula is C13H22N4O. The fraction of sp³-hybridized carbons (Fsp3) is 0.692. The Balaban J connectivity index is 1.93. The maximum atomic E-state index is 5.19. The largest absolute Gasteiger partial charge is 0.478 e. The summed E-state index contributed by atoms with van der Waals surface area (Å²) in [7, 11) is 1.62. The molecular weight excluding hydrogens is 228 g/mol. The van der Waals surface area contributed by atoms with Crippen LogP contribution in [0.1, 0.15) is 26.2 Å². The van der Waals surface area contributed by atoms with Gasteiger partial charge in [-0.05, 0) is 25.9 Å². The molecule has 0 bridgehead atoms. The summed E-state index contributed by atoms with van der Waals surface area (Å²) in [5.41, 5.74) is 0. The summed E-state index contributed by atoms with van der Waals surface area (Å²) in [5.74, 6) is 1.30. The van der Waals surface area contributed by atoms with Gasteiger partial charge in [0.25, 0.3) is 5.88 Å². The lowest BCUT2D eigenvalue weighted by Crippen LogP contribution is -2.43. The second-order valence-electron chi connectivity index (χ2n) is 4.57. The van der Waals surface area contributed by atoms with Crippen LogP contribution in [0, 0.1) is 0 Å². The topological polar surface area (TPSA) is 50.3 Å². The van der Waals surface area contributed by atoms with Gasteiger partial charge in [-0.1, -0.05) is 13.3 Å². The number of anilines is 1. The van der Waals surface area contributed by atoms with Crippen LogP contribution in [-0.2, 0) is 0 Å². The highest BCUT2D eigenvalue weighted by Gasteiger charge is 2.21. The number of hydrogen-bond donors (Lipinski definition) is 1. The number of nitrogens with one attached hydrogen (secondary N) is 1. The summed E-state index contributed by atoms with van der Waals surface area (Å²) >= 11 is 0. The van der Waals surface area contributed by atoms with Crippen LogP contribution < -0.4 is 10.1 Å².